The topological polar surface area (TPSA) is 64.0 Å². The highest BCUT2D eigenvalue weighted by Gasteiger charge is 2.12. The number of carbonyl (C=O) groups excluding carboxylic acids is 1. The number of hydrogen-bond donors (Lipinski definition) is 1. The molecule has 0 fully saturated rings. The van der Waals surface area contributed by atoms with Crippen LogP contribution in [0.25, 0.3) is 0 Å². The standard InChI is InChI=1S/C20H18ClN3O2S/c1-14-11-19(26)24(12-18(25)23-17-9-7-16(21)8-10-17)20(22-14)27-13-15-5-3-2-4-6-15/h2-11H,12-13H2,1H3,(H,23,25). The molecule has 0 radical (unpaired) electrons. The summed E-state index contributed by atoms with van der Waals surface area (Å²) in [4.78, 5) is 29.3. The second-order valence-electron chi connectivity index (χ2n) is 5.93. The van der Waals surface area contributed by atoms with Crippen LogP contribution in [0.4, 0.5) is 5.69 Å². The second-order valence-corrected chi connectivity index (χ2v) is 7.31. The fraction of sp³-hybridized carbons (Fsp3) is 0.150. The molecule has 0 aliphatic rings. The molecule has 7 heteroatoms. The molecule has 0 unspecified atom stereocenters. The number of benzene rings is 2. The Morgan fingerprint density at radius 3 is 2.56 bits per heavy atom. The summed E-state index contributed by atoms with van der Waals surface area (Å²) >= 11 is 7.28. The van der Waals surface area contributed by atoms with Gasteiger partial charge in [0, 0.05) is 28.2 Å². The molecule has 0 saturated carbocycles. The summed E-state index contributed by atoms with van der Waals surface area (Å²) in [5.74, 6) is 0.363. The summed E-state index contributed by atoms with van der Waals surface area (Å²) in [5.41, 5.74) is 2.13. The minimum atomic E-state index is -0.299. The van der Waals surface area contributed by atoms with Crippen LogP contribution in [0.2, 0.25) is 5.02 Å². The van der Waals surface area contributed by atoms with Gasteiger partial charge in [0.2, 0.25) is 5.91 Å². The molecule has 0 aliphatic carbocycles. The molecule has 5 nitrogen and oxygen atoms in total. The van der Waals surface area contributed by atoms with Crippen LogP contribution in [0, 0.1) is 6.92 Å². The third-order valence-electron chi connectivity index (χ3n) is 3.74. The minimum Gasteiger partial charge on any atom is -0.325 e. The van der Waals surface area contributed by atoms with E-state index >= 15 is 0 Å². The van der Waals surface area contributed by atoms with Crippen molar-refractivity contribution in [2.24, 2.45) is 0 Å². The predicted octanol–water partition coefficient (Wildman–Crippen LogP) is 4.14. The van der Waals surface area contributed by atoms with Crippen molar-refractivity contribution in [1.29, 1.82) is 0 Å². The number of aromatic nitrogens is 2. The Bertz CT molecular complexity index is 988. The Morgan fingerprint density at radius 2 is 1.85 bits per heavy atom. The van der Waals surface area contributed by atoms with E-state index in [1.165, 1.54) is 22.4 Å². The van der Waals surface area contributed by atoms with Crippen LogP contribution in [0.3, 0.4) is 0 Å². The Balaban J connectivity index is 1.76. The first kappa shape index (κ1) is 19.2. The highest BCUT2D eigenvalue weighted by molar-refractivity contribution is 7.98. The molecule has 27 heavy (non-hydrogen) atoms. The lowest BCUT2D eigenvalue weighted by Crippen LogP contribution is -2.29. The maximum Gasteiger partial charge on any atom is 0.254 e. The maximum atomic E-state index is 12.4. The lowest BCUT2D eigenvalue weighted by Gasteiger charge is -2.12. The van der Waals surface area contributed by atoms with E-state index in [2.05, 4.69) is 10.3 Å². The summed E-state index contributed by atoms with van der Waals surface area (Å²) in [5, 5.41) is 3.88. The molecule has 0 bridgehead atoms. The number of anilines is 1. The first-order chi connectivity index (χ1) is 13.0. The number of carbonyl (C=O) groups is 1. The van der Waals surface area contributed by atoms with E-state index in [0.29, 0.717) is 27.3 Å². The Kier molecular flexibility index (Phi) is 6.32. The fourth-order valence-corrected chi connectivity index (χ4v) is 3.58. The molecule has 0 aliphatic heterocycles. The van der Waals surface area contributed by atoms with Gasteiger partial charge in [0.05, 0.1) is 0 Å². The number of aryl methyl sites for hydroxylation is 1. The fourth-order valence-electron chi connectivity index (χ4n) is 2.45. The van der Waals surface area contributed by atoms with Gasteiger partial charge in [-0.05, 0) is 36.8 Å². The molecule has 1 aromatic heterocycles. The molecule has 1 N–H and O–H groups in total. The van der Waals surface area contributed by atoms with Gasteiger partial charge in [-0.15, -0.1) is 0 Å². The van der Waals surface area contributed by atoms with Crippen molar-refractivity contribution in [2.45, 2.75) is 24.4 Å². The number of halogens is 1. The maximum absolute atomic E-state index is 12.4. The van der Waals surface area contributed by atoms with E-state index in [1.807, 2.05) is 30.3 Å². The molecular weight excluding hydrogens is 382 g/mol. The van der Waals surface area contributed by atoms with Crippen molar-refractivity contribution in [3.05, 3.63) is 87.3 Å². The van der Waals surface area contributed by atoms with Crippen LogP contribution in [0.5, 0.6) is 0 Å². The van der Waals surface area contributed by atoms with Crippen LogP contribution in [0.1, 0.15) is 11.3 Å². The first-order valence-electron chi connectivity index (χ1n) is 8.32. The van der Waals surface area contributed by atoms with Crippen LogP contribution >= 0.6 is 23.4 Å². The van der Waals surface area contributed by atoms with Crippen LogP contribution < -0.4 is 10.9 Å². The average Bonchev–Trinajstić information content (AvgIpc) is 2.65. The Labute approximate surface area is 166 Å². The lowest BCUT2D eigenvalue weighted by molar-refractivity contribution is -0.116. The van der Waals surface area contributed by atoms with E-state index in [4.69, 9.17) is 11.6 Å². The van der Waals surface area contributed by atoms with E-state index in [1.54, 1.807) is 31.2 Å². The van der Waals surface area contributed by atoms with E-state index in [0.717, 1.165) is 5.56 Å². The third-order valence-corrected chi connectivity index (χ3v) is 5.04. The summed E-state index contributed by atoms with van der Waals surface area (Å²) in [7, 11) is 0. The monoisotopic (exact) mass is 399 g/mol. The van der Waals surface area contributed by atoms with Gasteiger partial charge in [-0.3, -0.25) is 14.2 Å². The SMILES string of the molecule is Cc1cc(=O)n(CC(=O)Nc2ccc(Cl)cc2)c(SCc2ccccc2)n1. The Morgan fingerprint density at radius 1 is 1.15 bits per heavy atom. The molecule has 1 amide bonds. The summed E-state index contributed by atoms with van der Waals surface area (Å²) in [6.45, 7) is 1.66. The van der Waals surface area contributed by atoms with Crippen LogP contribution in [0.15, 0.2) is 70.6 Å². The van der Waals surface area contributed by atoms with Crippen molar-refractivity contribution in [1.82, 2.24) is 9.55 Å². The molecule has 0 atom stereocenters. The summed E-state index contributed by atoms with van der Waals surface area (Å²) in [6.07, 6.45) is 0. The average molecular weight is 400 g/mol. The van der Waals surface area contributed by atoms with Crippen LogP contribution in [-0.2, 0) is 17.1 Å². The largest absolute Gasteiger partial charge is 0.325 e. The quantitative estimate of drug-likeness (QED) is 0.500. The number of hydrogen-bond acceptors (Lipinski definition) is 4. The highest BCUT2D eigenvalue weighted by atomic mass is 35.5. The smallest absolute Gasteiger partial charge is 0.254 e. The van der Waals surface area contributed by atoms with E-state index in [-0.39, 0.29) is 18.0 Å². The van der Waals surface area contributed by atoms with Gasteiger partial charge in [-0.25, -0.2) is 4.98 Å². The zero-order valence-corrected chi connectivity index (χ0v) is 16.3. The molecule has 0 saturated heterocycles. The number of amides is 1. The van der Waals surface area contributed by atoms with Crippen LogP contribution in [-0.4, -0.2) is 15.5 Å². The van der Waals surface area contributed by atoms with Gasteiger partial charge >= 0.3 is 0 Å². The lowest BCUT2D eigenvalue weighted by atomic mass is 10.2. The summed E-state index contributed by atoms with van der Waals surface area (Å²) < 4.78 is 1.39. The van der Waals surface area contributed by atoms with Crippen molar-refractivity contribution < 1.29 is 4.79 Å². The van der Waals surface area contributed by atoms with Gasteiger partial charge in [0.25, 0.3) is 5.56 Å². The van der Waals surface area contributed by atoms with Crippen molar-refractivity contribution in [3.8, 4) is 0 Å². The molecule has 138 valence electrons. The molecule has 3 rings (SSSR count). The van der Waals surface area contributed by atoms with E-state index in [9.17, 15) is 9.59 Å². The Hall–Kier alpha value is -2.57. The number of nitrogens with zero attached hydrogens (tertiary/aromatic N) is 2. The molecule has 2 aromatic carbocycles. The normalized spacial score (nSPS) is 10.6. The van der Waals surface area contributed by atoms with Crippen molar-refractivity contribution >= 4 is 35.0 Å². The molecule has 1 heterocycles. The minimum absolute atomic E-state index is 0.105. The van der Waals surface area contributed by atoms with E-state index < -0.39 is 0 Å². The summed E-state index contributed by atoms with van der Waals surface area (Å²) in [6, 6.07) is 18.1. The first-order valence-corrected chi connectivity index (χ1v) is 9.68. The third kappa shape index (κ3) is 5.45. The number of rotatable bonds is 6. The second kappa shape index (κ2) is 8.88. The number of thioether (sulfide) groups is 1. The van der Waals surface area contributed by atoms with Crippen molar-refractivity contribution in [3.63, 3.8) is 0 Å². The van der Waals surface area contributed by atoms with Gasteiger partial charge in [-0.2, -0.15) is 0 Å². The zero-order valence-electron chi connectivity index (χ0n) is 14.7. The zero-order chi connectivity index (χ0) is 19.2. The molecular formula is C20H18ClN3O2S. The predicted molar refractivity (Wildman–Crippen MR) is 109 cm³/mol. The molecule has 3 aromatic rings. The van der Waals surface area contributed by atoms with Gasteiger partial charge in [0.15, 0.2) is 5.16 Å². The van der Waals surface area contributed by atoms with Gasteiger partial charge in [0.1, 0.15) is 6.54 Å². The number of nitrogens with one attached hydrogen (secondary N) is 1. The van der Waals surface area contributed by atoms with Gasteiger partial charge in [-0.1, -0.05) is 53.7 Å². The molecule has 0 spiro atoms. The van der Waals surface area contributed by atoms with Gasteiger partial charge < -0.3 is 5.32 Å². The highest BCUT2D eigenvalue weighted by Crippen LogP contribution is 2.20. The van der Waals surface area contributed by atoms with Crippen molar-refractivity contribution in [2.75, 3.05) is 5.32 Å².